The van der Waals surface area contributed by atoms with Crippen LogP contribution < -0.4 is 0 Å². The molecule has 4 saturated carbocycles. The fourth-order valence-electron chi connectivity index (χ4n) is 15.1. The van der Waals surface area contributed by atoms with E-state index in [1.54, 1.807) is 0 Å². The normalized spacial score (nSPS) is 55.9. The zero-order chi connectivity index (χ0) is 48.4. The van der Waals surface area contributed by atoms with Gasteiger partial charge in [0.25, 0.3) is 0 Å². The largest absolute Gasteiger partial charge is 0.479 e. The third-order valence-corrected chi connectivity index (χ3v) is 19.5. The lowest BCUT2D eigenvalue weighted by molar-refractivity contribution is -0.396. The Balaban J connectivity index is 1.08. The third-order valence-electron chi connectivity index (χ3n) is 19.5. The van der Waals surface area contributed by atoms with Crippen LogP contribution in [-0.2, 0) is 33.2 Å². The smallest absolute Gasteiger partial charge is 0.335 e. The highest BCUT2D eigenvalue weighted by atomic mass is 16.8. The van der Waals surface area contributed by atoms with E-state index in [4.69, 9.17) is 28.4 Å². The molecule has 5 aliphatic carbocycles. The number of aliphatic hydroxyl groups is 10. The van der Waals surface area contributed by atoms with Gasteiger partial charge in [-0.05, 0) is 104 Å². The van der Waals surface area contributed by atoms with Gasteiger partial charge < -0.3 is 84.6 Å². The fourth-order valence-corrected chi connectivity index (χ4v) is 15.1. The zero-order valence-electron chi connectivity index (χ0n) is 39.7. The van der Waals surface area contributed by atoms with Gasteiger partial charge in [0.05, 0.1) is 31.5 Å². The topological polar surface area (TPSA) is 295 Å². The minimum atomic E-state index is -2.07. The van der Waals surface area contributed by atoms with Crippen LogP contribution in [0.3, 0.4) is 0 Å². The van der Waals surface area contributed by atoms with Crippen molar-refractivity contribution in [1.29, 1.82) is 0 Å². The molecule has 8 rings (SSSR count). The van der Waals surface area contributed by atoms with Crippen molar-refractivity contribution in [2.24, 2.45) is 50.2 Å². The maximum Gasteiger partial charge on any atom is 0.335 e. The fraction of sp³-hybridized carbons (Fsp3) is 0.938. The molecule has 0 radical (unpaired) electrons. The number of rotatable bonds is 9. The summed E-state index contributed by atoms with van der Waals surface area (Å²) in [5.41, 5.74) is -0.0545. The van der Waals surface area contributed by atoms with Gasteiger partial charge in [-0.15, -0.1) is 0 Å². The average Bonchev–Trinajstić information content (AvgIpc) is 3.25. The van der Waals surface area contributed by atoms with E-state index in [2.05, 4.69) is 47.6 Å². The maximum absolute atomic E-state index is 12.5. The number of carboxylic acids is 1. The average molecular weight is 943 g/mol. The number of fused-ring (bicyclic) bond motifs is 7. The number of ether oxygens (including phenoxy) is 6. The van der Waals surface area contributed by atoms with Crippen LogP contribution in [0.2, 0.25) is 0 Å². The lowest BCUT2D eigenvalue weighted by Crippen LogP contribution is -2.68. The quantitative estimate of drug-likeness (QED) is 0.112. The molecule has 3 aliphatic heterocycles. The van der Waals surface area contributed by atoms with E-state index in [1.807, 2.05) is 6.92 Å². The number of aliphatic carboxylic acids is 1. The van der Waals surface area contributed by atoms with Crippen molar-refractivity contribution in [1.82, 2.24) is 0 Å². The van der Waals surface area contributed by atoms with Crippen molar-refractivity contribution in [3.8, 4) is 0 Å². The molecule has 18 nitrogen and oxygen atoms in total. The minimum absolute atomic E-state index is 0.0166. The SMILES string of the molecule is C[C@@H]1O[C@@H](O[C@H]2[C@H](O[C@H]3[C@H](O[C@H]4CC[C@@]5(C)[C@@H](CC[C@]6(C)[C@@H]5CC=C5[C@@H]7CC(C)(C)C[C@@H](O)[C@]7(C)CC[C@]56C)[C@@]4(C)CO)O[C@H](C(=O)O)[C@@H](O)[C@@H]3O)O[C@H](CO)[C@@H](O)[C@@H]2O)[C@H](O)[C@H](O)[C@H]1O. The first kappa shape index (κ1) is 50.9. The molecule has 8 aliphatic rings. The van der Waals surface area contributed by atoms with Crippen LogP contribution in [-0.4, -0.2) is 180 Å². The second-order valence-electron chi connectivity index (χ2n) is 23.6. The zero-order valence-corrected chi connectivity index (χ0v) is 39.7. The molecule has 0 amide bonds. The molecule has 0 aromatic carbocycles. The Bertz CT molecular complexity index is 1820. The first-order chi connectivity index (χ1) is 30.7. The molecule has 0 spiro atoms. The van der Waals surface area contributed by atoms with Crippen molar-refractivity contribution < 1.29 is 89.4 Å². The van der Waals surface area contributed by atoms with E-state index in [9.17, 15) is 61.0 Å². The summed E-state index contributed by atoms with van der Waals surface area (Å²) < 4.78 is 36.2. The Morgan fingerprint density at radius 2 is 1.30 bits per heavy atom. The van der Waals surface area contributed by atoms with Crippen LogP contribution in [0.15, 0.2) is 11.6 Å². The Hall–Kier alpha value is -1.43. The predicted octanol–water partition coefficient (Wildman–Crippen LogP) is 0.705. The van der Waals surface area contributed by atoms with Crippen molar-refractivity contribution in [2.45, 2.75) is 218 Å². The number of carbonyl (C=O) groups is 1. The Morgan fingerprint density at radius 3 is 1.94 bits per heavy atom. The number of hydrogen-bond acceptors (Lipinski definition) is 17. The van der Waals surface area contributed by atoms with Gasteiger partial charge in [0, 0.05) is 10.8 Å². The minimum Gasteiger partial charge on any atom is -0.479 e. The summed E-state index contributed by atoms with van der Waals surface area (Å²) in [6.07, 6.45) is -17.6. The van der Waals surface area contributed by atoms with Crippen LogP contribution in [0, 0.1) is 50.2 Å². The molecule has 3 heterocycles. The van der Waals surface area contributed by atoms with E-state index >= 15 is 0 Å². The molecular formula is C48H78O18. The molecule has 25 atom stereocenters. The molecule has 378 valence electrons. The second kappa shape index (κ2) is 17.7. The molecule has 0 aromatic rings. The monoisotopic (exact) mass is 943 g/mol. The molecule has 3 saturated heterocycles. The lowest BCUT2D eigenvalue weighted by atomic mass is 9.33. The molecule has 0 unspecified atom stereocenters. The summed E-state index contributed by atoms with van der Waals surface area (Å²) in [5.74, 6) is -1.16. The van der Waals surface area contributed by atoms with E-state index in [1.165, 1.54) is 12.5 Å². The predicted molar refractivity (Wildman–Crippen MR) is 231 cm³/mol. The molecule has 66 heavy (non-hydrogen) atoms. The van der Waals surface area contributed by atoms with Gasteiger partial charge in [-0.1, -0.05) is 60.1 Å². The second-order valence-corrected chi connectivity index (χ2v) is 23.6. The van der Waals surface area contributed by atoms with Gasteiger partial charge >= 0.3 is 5.97 Å². The summed E-state index contributed by atoms with van der Waals surface area (Å²) in [6.45, 7) is 16.3. The van der Waals surface area contributed by atoms with Crippen LogP contribution in [0.1, 0.15) is 113 Å². The van der Waals surface area contributed by atoms with E-state index < -0.39 is 116 Å². The highest BCUT2D eigenvalue weighted by molar-refractivity contribution is 5.73. The third kappa shape index (κ3) is 7.78. The Labute approximate surface area is 387 Å². The van der Waals surface area contributed by atoms with Crippen LogP contribution in [0.5, 0.6) is 0 Å². The van der Waals surface area contributed by atoms with Gasteiger partial charge in [0.15, 0.2) is 25.0 Å². The molecule has 0 bridgehead atoms. The van der Waals surface area contributed by atoms with Crippen molar-refractivity contribution >= 4 is 5.97 Å². The summed E-state index contributed by atoms with van der Waals surface area (Å²) in [5, 5.41) is 120. The first-order valence-corrected chi connectivity index (χ1v) is 24.3. The number of aliphatic hydroxyl groups excluding tert-OH is 10. The molecule has 11 N–H and O–H groups in total. The van der Waals surface area contributed by atoms with Crippen LogP contribution >= 0.6 is 0 Å². The highest BCUT2D eigenvalue weighted by Gasteiger charge is 2.70. The highest BCUT2D eigenvalue weighted by Crippen LogP contribution is 2.76. The Morgan fingerprint density at radius 1 is 0.667 bits per heavy atom. The van der Waals surface area contributed by atoms with Gasteiger partial charge in [-0.3, -0.25) is 0 Å². The van der Waals surface area contributed by atoms with Gasteiger partial charge in [-0.2, -0.15) is 0 Å². The van der Waals surface area contributed by atoms with Crippen molar-refractivity contribution in [2.75, 3.05) is 13.2 Å². The van der Waals surface area contributed by atoms with E-state index in [0.29, 0.717) is 12.8 Å². The van der Waals surface area contributed by atoms with Crippen LogP contribution in [0.4, 0.5) is 0 Å². The summed E-state index contributed by atoms with van der Waals surface area (Å²) >= 11 is 0. The van der Waals surface area contributed by atoms with Crippen molar-refractivity contribution in [3.05, 3.63) is 11.6 Å². The summed E-state index contributed by atoms with van der Waals surface area (Å²) in [7, 11) is 0. The number of hydrogen-bond donors (Lipinski definition) is 11. The summed E-state index contributed by atoms with van der Waals surface area (Å²) in [4.78, 5) is 12.5. The molecule has 0 aromatic heterocycles. The molecule has 7 fully saturated rings. The Kier molecular flexibility index (Phi) is 13.7. The van der Waals surface area contributed by atoms with Gasteiger partial charge in [0.2, 0.25) is 0 Å². The van der Waals surface area contributed by atoms with Gasteiger partial charge in [-0.25, -0.2) is 4.79 Å². The first-order valence-electron chi connectivity index (χ1n) is 24.3. The standard InChI is InChI=1S/C48H78O18/c1-21-29(52)31(54)35(58)40(61-21)65-37-32(55)30(53)24(19-49)62-41(37)66-38-34(57)33(56)36(39(59)60)64-42(38)63-28-12-13-45(5)25(46(28,6)20-50)11-14-48(8)26(45)10-9-22-23-17-43(2,3)18-27(51)44(23,4)15-16-47(22,48)7/h9,21,23-38,40-42,49-58H,10-20H2,1-8H3,(H,59,60)/t21-,23-,24+,25+,26+,27+,28-,29-,30+,31+,32-,33-,34-,35+,36-,37+,38+,40-,41-,42+,44+,45-,46+,47+,48+/m0/s1. The number of allylic oxidation sites excluding steroid dienone is 2. The van der Waals surface area contributed by atoms with Gasteiger partial charge in [0.1, 0.15) is 61.0 Å². The van der Waals surface area contributed by atoms with E-state index in [-0.39, 0.29) is 57.5 Å². The molecule has 18 heteroatoms. The number of carboxylic acid groups (broad SMARTS) is 1. The van der Waals surface area contributed by atoms with Crippen LogP contribution in [0.25, 0.3) is 0 Å². The summed E-state index contributed by atoms with van der Waals surface area (Å²) in [6, 6.07) is 0. The maximum atomic E-state index is 12.5. The van der Waals surface area contributed by atoms with E-state index in [0.717, 1.165) is 44.9 Å². The molecular weight excluding hydrogens is 865 g/mol. The lowest BCUT2D eigenvalue weighted by Gasteiger charge is -2.72. The van der Waals surface area contributed by atoms with Crippen molar-refractivity contribution in [3.63, 3.8) is 0 Å².